The molecule has 0 aliphatic rings. The molecule has 0 aliphatic heterocycles. The highest BCUT2D eigenvalue weighted by Gasteiger charge is 2.16. The smallest absolute Gasteiger partial charge is 0.128 e. The van der Waals surface area contributed by atoms with E-state index in [1.54, 1.807) is 18.4 Å². The summed E-state index contributed by atoms with van der Waals surface area (Å²) in [6, 6.07) is 5.89. The van der Waals surface area contributed by atoms with E-state index in [9.17, 15) is 0 Å². The summed E-state index contributed by atoms with van der Waals surface area (Å²) in [5.74, 6) is 1.65. The summed E-state index contributed by atoms with van der Waals surface area (Å²) in [7, 11) is 1.65. The molecule has 0 fully saturated rings. The van der Waals surface area contributed by atoms with Gasteiger partial charge in [-0.1, -0.05) is 0 Å². The predicted octanol–water partition coefficient (Wildman–Crippen LogP) is 4.16. The fourth-order valence-electron chi connectivity index (χ4n) is 2.33. The van der Waals surface area contributed by atoms with Crippen LogP contribution in [0.25, 0.3) is 11.0 Å². The summed E-state index contributed by atoms with van der Waals surface area (Å²) in [4.78, 5) is 10.3. The molecule has 0 radical (unpaired) electrons. The summed E-state index contributed by atoms with van der Waals surface area (Å²) >= 11 is 7.99. The number of aryl methyl sites for hydroxylation is 1. The lowest BCUT2D eigenvalue weighted by molar-refractivity contribution is 0.415. The van der Waals surface area contributed by atoms with Crippen molar-refractivity contribution in [3.05, 3.63) is 40.1 Å². The Bertz CT molecular complexity index is 778. The molecule has 21 heavy (non-hydrogen) atoms. The highest BCUT2D eigenvalue weighted by Crippen LogP contribution is 2.28. The zero-order valence-electron chi connectivity index (χ0n) is 12.1. The van der Waals surface area contributed by atoms with Crippen molar-refractivity contribution in [2.45, 2.75) is 25.8 Å². The van der Waals surface area contributed by atoms with Crippen LogP contribution in [0.2, 0.25) is 0 Å². The second-order valence-electron chi connectivity index (χ2n) is 4.89. The first kappa shape index (κ1) is 14.4. The van der Waals surface area contributed by atoms with Gasteiger partial charge in [0.1, 0.15) is 16.6 Å². The lowest BCUT2D eigenvalue weighted by Crippen LogP contribution is -2.05. The van der Waals surface area contributed by atoms with E-state index in [0.29, 0.717) is 6.54 Å². The zero-order valence-corrected chi connectivity index (χ0v) is 13.7. The van der Waals surface area contributed by atoms with Crippen LogP contribution in [0.5, 0.6) is 5.75 Å². The van der Waals surface area contributed by atoms with Crippen molar-refractivity contribution >= 4 is 34.0 Å². The van der Waals surface area contributed by atoms with Gasteiger partial charge in [0, 0.05) is 17.1 Å². The number of nitrogens with zero attached hydrogens (tertiary/aromatic N) is 3. The zero-order chi connectivity index (χ0) is 15.0. The van der Waals surface area contributed by atoms with Gasteiger partial charge in [-0.05, 0) is 26.0 Å². The normalized spacial score (nSPS) is 12.8. The van der Waals surface area contributed by atoms with Crippen LogP contribution in [0.15, 0.2) is 24.4 Å². The molecule has 1 unspecified atom stereocenters. The van der Waals surface area contributed by atoms with E-state index in [2.05, 4.69) is 21.5 Å². The minimum atomic E-state index is -0.163. The fraction of sp³-hybridized carbons (Fsp3) is 0.333. The summed E-state index contributed by atoms with van der Waals surface area (Å²) in [5, 5.41) is 0.894. The molecule has 2 heterocycles. The summed E-state index contributed by atoms with van der Waals surface area (Å²) in [6.07, 6.45) is 1.89. The van der Waals surface area contributed by atoms with Gasteiger partial charge in [-0.25, -0.2) is 9.97 Å². The van der Waals surface area contributed by atoms with Crippen LogP contribution in [0.4, 0.5) is 0 Å². The number of halogens is 1. The summed E-state index contributed by atoms with van der Waals surface area (Å²) in [5.41, 5.74) is 1.94. The minimum Gasteiger partial charge on any atom is -0.497 e. The number of benzene rings is 1. The van der Waals surface area contributed by atoms with Crippen molar-refractivity contribution in [2.24, 2.45) is 0 Å². The number of thiazole rings is 1. The van der Waals surface area contributed by atoms with Gasteiger partial charge in [-0.2, -0.15) is 0 Å². The van der Waals surface area contributed by atoms with Crippen molar-refractivity contribution in [1.29, 1.82) is 0 Å². The molecule has 2 aromatic heterocycles. The maximum absolute atomic E-state index is 6.29. The molecule has 0 N–H and O–H groups in total. The number of ether oxygens (including phenoxy) is 1. The van der Waals surface area contributed by atoms with Crippen LogP contribution in [0.3, 0.4) is 0 Å². The molecule has 6 heteroatoms. The van der Waals surface area contributed by atoms with Gasteiger partial charge < -0.3 is 9.30 Å². The van der Waals surface area contributed by atoms with E-state index in [-0.39, 0.29) is 5.38 Å². The van der Waals surface area contributed by atoms with E-state index >= 15 is 0 Å². The molecular formula is C15H16ClN3OS. The molecule has 0 spiro atoms. The van der Waals surface area contributed by atoms with Crippen LogP contribution in [0, 0.1) is 6.92 Å². The molecule has 0 amide bonds. The van der Waals surface area contributed by atoms with Gasteiger partial charge in [0.15, 0.2) is 0 Å². The molecule has 3 rings (SSSR count). The number of hydrogen-bond donors (Lipinski definition) is 0. The van der Waals surface area contributed by atoms with Gasteiger partial charge >= 0.3 is 0 Å². The number of hydrogen-bond acceptors (Lipinski definition) is 4. The van der Waals surface area contributed by atoms with E-state index < -0.39 is 0 Å². The molecule has 3 aromatic rings. The number of imidazole rings is 1. The Kier molecular flexibility index (Phi) is 3.87. The molecule has 0 saturated heterocycles. The van der Waals surface area contributed by atoms with E-state index in [4.69, 9.17) is 16.3 Å². The Labute approximate surface area is 132 Å². The standard InChI is InChI=1S/C15H16ClN3OS/c1-9-7-17-14(21-9)8-19-13-5-4-11(20-3)6-12(13)18-15(19)10(2)16/h4-7,10H,8H2,1-3H3. The summed E-state index contributed by atoms with van der Waals surface area (Å²) in [6.45, 7) is 4.68. The lowest BCUT2D eigenvalue weighted by Gasteiger charge is -2.08. The Morgan fingerprint density at radius 1 is 1.43 bits per heavy atom. The third-order valence-electron chi connectivity index (χ3n) is 3.30. The second-order valence-corrected chi connectivity index (χ2v) is 6.87. The SMILES string of the molecule is COc1ccc2c(c1)nc(C(C)Cl)n2Cc1ncc(C)s1. The van der Waals surface area contributed by atoms with Crippen LogP contribution in [-0.4, -0.2) is 21.6 Å². The monoisotopic (exact) mass is 321 g/mol. The van der Waals surface area contributed by atoms with Crippen LogP contribution in [-0.2, 0) is 6.54 Å². The van der Waals surface area contributed by atoms with Crippen molar-refractivity contribution in [1.82, 2.24) is 14.5 Å². The van der Waals surface area contributed by atoms with Crippen LogP contribution < -0.4 is 4.74 Å². The maximum Gasteiger partial charge on any atom is 0.128 e. The van der Waals surface area contributed by atoms with Crippen molar-refractivity contribution < 1.29 is 4.74 Å². The minimum absolute atomic E-state index is 0.163. The first-order chi connectivity index (χ1) is 10.1. The van der Waals surface area contributed by atoms with Gasteiger partial charge in [-0.3, -0.25) is 0 Å². The highest BCUT2D eigenvalue weighted by molar-refractivity contribution is 7.11. The van der Waals surface area contributed by atoms with Gasteiger partial charge in [0.25, 0.3) is 0 Å². The topological polar surface area (TPSA) is 39.9 Å². The Morgan fingerprint density at radius 3 is 2.86 bits per heavy atom. The Morgan fingerprint density at radius 2 is 2.24 bits per heavy atom. The van der Waals surface area contributed by atoms with Gasteiger partial charge in [-0.15, -0.1) is 22.9 Å². The Hall–Kier alpha value is -1.59. The highest BCUT2D eigenvalue weighted by atomic mass is 35.5. The fourth-order valence-corrected chi connectivity index (χ4v) is 3.28. The first-order valence-corrected chi connectivity index (χ1v) is 7.93. The van der Waals surface area contributed by atoms with Crippen LogP contribution in [0.1, 0.15) is 28.0 Å². The van der Waals surface area contributed by atoms with Crippen LogP contribution >= 0.6 is 22.9 Å². The number of aromatic nitrogens is 3. The molecule has 1 atom stereocenters. The number of fused-ring (bicyclic) bond motifs is 1. The lowest BCUT2D eigenvalue weighted by atomic mass is 10.3. The second kappa shape index (κ2) is 5.66. The van der Waals surface area contributed by atoms with E-state index in [0.717, 1.165) is 27.6 Å². The number of alkyl halides is 1. The molecule has 0 saturated carbocycles. The Balaban J connectivity index is 2.11. The largest absolute Gasteiger partial charge is 0.497 e. The summed E-state index contributed by atoms with van der Waals surface area (Å²) < 4.78 is 7.39. The van der Waals surface area contributed by atoms with E-state index in [1.807, 2.05) is 31.3 Å². The molecule has 0 bridgehead atoms. The molecule has 1 aromatic carbocycles. The third kappa shape index (κ3) is 2.76. The molecular weight excluding hydrogens is 306 g/mol. The average Bonchev–Trinajstić information content (AvgIpc) is 3.03. The first-order valence-electron chi connectivity index (χ1n) is 6.68. The molecule has 0 aliphatic carbocycles. The van der Waals surface area contributed by atoms with E-state index in [1.165, 1.54) is 4.88 Å². The maximum atomic E-state index is 6.29. The average molecular weight is 322 g/mol. The van der Waals surface area contributed by atoms with Gasteiger partial charge in [0.2, 0.25) is 0 Å². The third-order valence-corrected chi connectivity index (χ3v) is 4.40. The quantitative estimate of drug-likeness (QED) is 0.677. The van der Waals surface area contributed by atoms with Crippen molar-refractivity contribution in [3.63, 3.8) is 0 Å². The van der Waals surface area contributed by atoms with Crippen molar-refractivity contribution in [2.75, 3.05) is 7.11 Å². The number of rotatable bonds is 4. The molecule has 110 valence electrons. The van der Waals surface area contributed by atoms with Crippen molar-refractivity contribution in [3.8, 4) is 5.75 Å². The predicted molar refractivity (Wildman–Crippen MR) is 86.5 cm³/mol. The van der Waals surface area contributed by atoms with Gasteiger partial charge in [0.05, 0.1) is 30.1 Å². The number of methoxy groups -OCH3 is 1. The molecule has 4 nitrogen and oxygen atoms in total.